The van der Waals surface area contributed by atoms with Crippen molar-refractivity contribution < 1.29 is 54.4 Å². The minimum atomic E-state index is -1.57. The highest BCUT2D eigenvalue weighted by Crippen LogP contribution is 2.38. The Morgan fingerprint density at radius 1 is 1.00 bits per heavy atom. The van der Waals surface area contributed by atoms with E-state index in [0.29, 0.717) is 0 Å². The van der Waals surface area contributed by atoms with E-state index in [4.69, 9.17) is 14.2 Å². The Kier molecular flexibility index (Phi) is 6.20. The molecule has 6 N–H and O–H groups in total. The molecule has 0 aliphatic carbocycles. The Balaban J connectivity index is 1.97. The fourth-order valence-electron chi connectivity index (χ4n) is 3.19. The Morgan fingerprint density at radius 3 is 2.19 bits per heavy atom. The number of ether oxygens (including phenoxy) is 3. The molecule has 0 bridgehead atoms. The van der Waals surface area contributed by atoms with E-state index < -0.39 is 77.3 Å². The monoisotopic (exact) mass is 436 g/mol. The van der Waals surface area contributed by atoms with E-state index in [9.17, 15) is 40.2 Å². The first-order chi connectivity index (χ1) is 14.6. The summed E-state index contributed by atoms with van der Waals surface area (Å²) >= 11 is 0. The summed E-state index contributed by atoms with van der Waals surface area (Å²) in [6.07, 6.45) is -5.50. The predicted octanol–water partition coefficient (Wildman–Crippen LogP) is 0.129. The molecule has 11 heteroatoms. The molecule has 166 valence electrons. The Morgan fingerprint density at radius 2 is 1.61 bits per heavy atom. The Labute approximate surface area is 175 Å². The predicted molar refractivity (Wildman–Crippen MR) is 101 cm³/mol. The first-order valence-corrected chi connectivity index (χ1v) is 9.02. The van der Waals surface area contributed by atoms with Crippen LogP contribution in [0.4, 0.5) is 0 Å². The van der Waals surface area contributed by atoms with Crippen LogP contribution in [0.3, 0.4) is 0 Å². The van der Waals surface area contributed by atoms with Gasteiger partial charge in [0.2, 0.25) is 12.1 Å². The van der Waals surface area contributed by atoms with E-state index in [1.54, 1.807) is 0 Å². The fraction of sp³-hybridized carbons (Fsp3) is 0.300. The van der Waals surface area contributed by atoms with Gasteiger partial charge in [-0.05, 0) is 12.1 Å². The first-order valence-electron chi connectivity index (χ1n) is 9.02. The third kappa shape index (κ3) is 4.63. The number of carbonyl (C=O) groups is 2. The van der Waals surface area contributed by atoms with Crippen molar-refractivity contribution in [2.24, 2.45) is 0 Å². The van der Waals surface area contributed by atoms with Crippen molar-refractivity contribution in [2.75, 3.05) is 6.61 Å². The Bertz CT molecular complexity index is 983. The highest BCUT2D eigenvalue weighted by atomic mass is 16.7. The summed E-state index contributed by atoms with van der Waals surface area (Å²) in [6, 6.07) is 4.92. The van der Waals surface area contributed by atoms with Crippen LogP contribution in [-0.4, -0.2) is 73.6 Å². The summed E-state index contributed by atoms with van der Waals surface area (Å²) in [6.45, 7) is 0.485. The molecule has 2 aromatic rings. The zero-order valence-corrected chi connectivity index (χ0v) is 16.1. The number of benzene rings is 2. The molecule has 4 atom stereocenters. The van der Waals surface area contributed by atoms with Crippen LogP contribution < -0.4 is 4.74 Å². The summed E-state index contributed by atoms with van der Waals surface area (Å²) in [5.74, 6) is -4.02. The molecular weight excluding hydrogens is 416 g/mol. The summed E-state index contributed by atoms with van der Waals surface area (Å²) in [5, 5.41) is 59.2. The van der Waals surface area contributed by atoms with Gasteiger partial charge in [-0.15, -0.1) is 0 Å². The second-order valence-electron chi connectivity index (χ2n) is 6.81. The van der Waals surface area contributed by atoms with Gasteiger partial charge in [0.1, 0.15) is 40.4 Å². The van der Waals surface area contributed by atoms with Crippen LogP contribution in [-0.2, 0) is 14.3 Å². The molecule has 1 heterocycles. The number of aliphatic hydroxyl groups is 2. The number of aliphatic hydroxyl groups excluding tert-OH is 2. The highest BCUT2D eigenvalue weighted by molar-refractivity contribution is 6.13. The van der Waals surface area contributed by atoms with Crippen molar-refractivity contribution in [3.05, 3.63) is 41.5 Å². The number of phenols is 4. The smallest absolute Gasteiger partial charge is 0.303 e. The Hall–Kier alpha value is -3.54. The van der Waals surface area contributed by atoms with Gasteiger partial charge in [-0.2, -0.15) is 0 Å². The van der Waals surface area contributed by atoms with E-state index >= 15 is 0 Å². The van der Waals surface area contributed by atoms with E-state index in [2.05, 4.69) is 0 Å². The van der Waals surface area contributed by atoms with E-state index in [1.165, 1.54) is 0 Å². The number of esters is 1. The van der Waals surface area contributed by atoms with Gasteiger partial charge in [0.15, 0.2) is 12.2 Å². The molecular formula is C20H20O11. The van der Waals surface area contributed by atoms with Crippen LogP contribution in [0.15, 0.2) is 30.3 Å². The van der Waals surface area contributed by atoms with Gasteiger partial charge in [-0.25, -0.2) is 0 Å². The molecule has 0 aromatic heterocycles. The maximum absolute atomic E-state index is 12.9. The SMILES string of the molecule is CC(=O)O[C@@H]1[C@@H](O)[C@@H](Oc2cc(O)cc(O)c2C(=O)c2cc(O)cc(O)c2)O[C@H]1CO. The van der Waals surface area contributed by atoms with Crippen LogP contribution in [0.25, 0.3) is 0 Å². The molecule has 2 aromatic carbocycles. The second kappa shape index (κ2) is 8.68. The molecule has 1 saturated heterocycles. The topological polar surface area (TPSA) is 183 Å². The van der Waals surface area contributed by atoms with E-state index in [-0.39, 0.29) is 5.56 Å². The molecule has 1 fully saturated rings. The number of hydrogen-bond donors (Lipinski definition) is 6. The largest absolute Gasteiger partial charge is 0.508 e. The molecule has 0 spiro atoms. The van der Waals surface area contributed by atoms with Gasteiger partial charge in [-0.1, -0.05) is 0 Å². The first kappa shape index (κ1) is 22.2. The van der Waals surface area contributed by atoms with Gasteiger partial charge in [0, 0.05) is 30.7 Å². The molecule has 0 radical (unpaired) electrons. The maximum atomic E-state index is 12.9. The van der Waals surface area contributed by atoms with E-state index in [1.807, 2.05) is 0 Å². The van der Waals surface area contributed by atoms with Gasteiger partial charge in [-0.3, -0.25) is 9.59 Å². The molecule has 0 unspecified atom stereocenters. The molecule has 3 rings (SSSR count). The lowest BCUT2D eigenvalue weighted by atomic mass is 10.0. The number of rotatable bonds is 6. The number of aromatic hydroxyl groups is 4. The van der Waals surface area contributed by atoms with Crippen molar-refractivity contribution >= 4 is 11.8 Å². The summed E-state index contributed by atoms with van der Waals surface area (Å²) < 4.78 is 15.8. The van der Waals surface area contributed by atoms with Crippen molar-refractivity contribution in [3.8, 4) is 28.7 Å². The van der Waals surface area contributed by atoms with Crippen LogP contribution in [0, 0.1) is 0 Å². The minimum absolute atomic E-state index is 0.206. The van der Waals surface area contributed by atoms with Crippen LogP contribution >= 0.6 is 0 Å². The average molecular weight is 436 g/mol. The lowest BCUT2D eigenvalue weighted by molar-refractivity contribution is -0.153. The van der Waals surface area contributed by atoms with Crippen LogP contribution in [0.1, 0.15) is 22.8 Å². The van der Waals surface area contributed by atoms with Crippen LogP contribution in [0.2, 0.25) is 0 Å². The number of phenolic OH excluding ortho intramolecular Hbond substituents is 4. The van der Waals surface area contributed by atoms with Gasteiger partial charge < -0.3 is 44.8 Å². The van der Waals surface area contributed by atoms with Crippen molar-refractivity contribution in [1.29, 1.82) is 0 Å². The molecule has 31 heavy (non-hydrogen) atoms. The van der Waals surface area contributed by atoms with Crippen molar-refractivity contribution in [1.82, 2.24) is 0 Å². The zero-order valence-electron chi connectivity index (χ0n) is 16.1. The third-order valence-corrected chi connectivity index (χ3v) is 4.47. The summed E-state index contributed by atoms with van der Waals surface area (Å²) in [5.41, 5.74) is -0.669. The molecule has 0 saturated carbocycles. The van der Waals surface area contributed by atoms with E-state index in [0.717, 1.165) is 37.3 Å². The van der Waals surface area contributed by atoms with Gasteiger partial charge in [0.05, 0.1) is 6.61 Å². The number of hydrogen-bond acceptors (Lipinski definition) is 11. The standard InChI is InChI=1S/C20H20O11/c1-8(22)29-19-15(7-21)31-20(18(19)28)30-14-6-12(25)5-13(26)16(14)17(27)9-2-10(23)4-11(24)3-9/h2-6,15,18-21,23-26,28H,7H2,1H3/t15-,18+,19-,20-/m0/s1. The van der Waals surface area contributed by atoms with Gasteiger partial charge >= 0.3 is 5.97 Å². The number of carbonyl (C=O) groups excluding carboxylic acids is 2. The zero-order chi connectivity index (χ0) is 22.9. The average Bonchev–Trinajstić information content (AvgIpc) is 2.95. The van der Waals surface area contributed by atoms with Crippen molar-refractivity contribution in [3.63, 3.8) is 0 Å². The fourth-order valence-corrected chi connectivity index (χ4v) is 3.19. The lowest BCUT2D eigenvalue weighted by Gasteiger charge is -2.20. The lowest BCUT2D eigenvalue weighted by Crippen LogP contribution is -2.39. The van der Waals surface area contributed by atoms with Crippen molar-refractivity contribution in [2.45, 2.75) is 31.5 Å². The number of ketones is 1. The minimum Gasteiger partial charge on any atom is -0.508 e. The van der Waals surface area contributed by atoms with Crippen LogP contribution in [0.5, 0.6) is 28.7 Å². The maximum Gasteiger partial charge on any atom is 0.303 e. The normalized spacial score (nSPS) is 22.8. The molecule has 0 amide bonds. The second-order valence-corrected chi connectivity index (χ2v) is 6.81. The molecule has 1 aliphatic rings. The quantitative estimate of drug-likeness (QED) is 0.267. The third-order valence-electron chi connectivity index (χ3n) is 4.47. The highest BCUT2D eigenvalue weighted by Gasteiger charge is 2.47. The summed E-state index contributed by atoms with van der Waals surface area (Å²) in [4.78, 5) is 24.2. The molecule has 1 aliphatic heterocycles. The summed E-state index contributed by atoms with van der Waals surface area (Å²) in [7, 11) is 0. The molecule has 11 nitrogen and oxygen atoms in total. The van der Waals surface area contributed by atoms with Gasteiger partial charge in [0.25, 0.3) is 0 Å².